The van der Waals surface area contributed by atoms with E-state index < -0.39 is 0 Å². The molecule has 1 aromatic rings. The second kappa shape index (κ2) is 11.5. The van der Waals surface area contributed by atoms with E-state index in [1.165, 1.54) is 37.7 Å². The average Bonchev–Trinajstić information content (AvgIpc) is 2.14. The minimum absolute atomic E-state index is 0. The summed E-state index contributed by atoms with van der Waals surface area (Å²) in [6.07, 6.45) is 6.60. The van der Waals surface area contributed by atoms with Crippen molar-refractivity contribution >= 4 is 23.1 Å². The number of unbranched alkanes of at least 4 members (excludes halogenated alkanes) is 3. The quantitative estimate of drug-likeness (QED) is 0.406. The molecule has 0 N–H and O–H groups in total. The summed E-state index contributed by atoms with van der Waals surface area (Å²) >= 11 is 0. The molecule has 0 aliphatic rings. The van der Waals surface area contributed by atoms with Crippen LogP contribution in [-0.2, 0) is 6.42 Å². The molecule has 1 rings (SSSR count). The third-order valence-corrected chi connectivity index (χ3v) is 2.09. The molecule has 14 heavy (non-hydrogen) atoms. The Balaban J connectivity index is 0. The molecule has 0 unspecified atom stereocenters. The molecule has 0 saturated carbocycles. The van der Waals surface area contributed by atoms with E-state index in [-0.39, 0.29) is 40.0 Å². The van der Waals surface area contributed by atoms with Gasteiger partial charge in [0, 0.05) is 0 Å². The van der Waals surface area contributed by atoms with Gasteiger partial charge in [0.1, 0.15) is 0 Å². The van der Waals surface area contributed by atoms with Crippen molar-refractivity contribution in [2.24, 2.45) is 0 Å². The van der Waals surface area contributed by atoms with E-state index in [4.69, 9.17) is 0 Å². The topological polar surface area (TPSA) is 0 Å². The van der Waals surface area contributed by atoms with Gasteiger partial charge in [0.2, 0.25) is 0 Å². The summed E-state index contributed by atoms with van der Waals surface area (Å²) in [5.41, 5.74) is 1.42. The monoisotopic (exact) mass is 264 g/mol. The molecule has 0 aliphatic carbocycles. The van der Waals surface area contributed by atoms with Gasteiger partial charge in [0.05, 0.1) is 0 Å². The molecule has 0 radical (unpaired) electrons. The molecule has 0 nitrogen and oxygen atoms in total. The predicted molar refractivity (Wildman–Crippen MR) is 58.9 cm³/mol. The van der Waals surface area contributed by atoms with Gasteiger partial charge in [0.25, 0.3) is 0 Å². The Morgan fingerprint density at radius 3 is 2.57 bits per heavy atom. The van der Waals surface area contributed by atoms with Crippen LogP contribution in [0.2, 0.25) is 0 Å². The van der Waals surface area contributed by atoms with Crippen LogP contribution in [0.15, 0.2) is 24.3 Å². The SMILES string of the molecule is CCCCCCc1c[c-]ccc1.[Br-].[Mg+2]. The first-order valence-electron chi connectivity index (χ1n) is 4.88. The average molecular weight is 265 g/mol. The molecule has 2 heteroatoms. The van der Waals surface area contributed by atoms with E-state index in [9.17, 15) is 0 Å². The standard InChI is InChI=1S/C12H17.BrH.Mg/c1-2-3-4-6-9-12-10-7-5-8-11-12;;/h5,7,10-11H,2-4,6,9H2,1H3;1H;/q-1;;+2/p-1. The fourth-order valence-corrected chi connectivity index (χ4v) is 1.34. The first-order chi connectivity index (χ1) is 5.93. The van der Waals surface area contributed by atoms with Crippen LogP contribution >= 0.6 is 0 Å². The van der Waals surface area contributed by atoms with E-state index in [2.05, 4.69) is 31.2 Å². The van der Waals surface area contributed by atoms with Crippen molar-refractivity contribution in [2.45, 2.75) is 39.0 Å². The van der Waals surface area contributed by atoms with Gasteiger partial charge >= 0.3 is 23.1 Å². The summed E-state index contributed by atoms with van der Waals surface area (Å²) in [5, 5.41) is 0. The van der Waals surface area contributed by atoms with Gasteiger partial charge in [-0.25, -0.2) is 0 Å². The molecule has 0 atom stereocenters. The van der Waals surface area contributed by atoms with E-state index in [0.29, 0.717) is 0 Å². The van der Waals surface area contributed by atoms with Crippen LogP contribution in [0.3, 0.4) is 0 Å². The van der Waals surface area contributed by atoms with Gasteiger partial charge in [-0.15, -0.1) is 0 Å². The zero-order valence-corrected chi connectivity index (χ0v) is 11.9. The molecule has 0 spiro atoms. The Morgan fingerprint density at radius 1 is 1.21 bits per heavy atom. The first kappa shape index (κ1) is 16.9. The molecular formula is C12H17BrMg. The zero-order chi connectivity index (χ0) is 8.65. The van der Waals surface area contributed by atoms with E-state index in [1.54, 1.807) is 0 Å². The summed E-state index contributed by atoms with van der Waals surface area (Å²) in [5.74, 6) is 0. The van der Waals surface area contributed by atoms with Crippen LogP contribution in [0.1, 0.15) is 38.2 Å². The van der Waals surface area contributed by atoms with Gasteiger partial charge < -0.3 is 17.0 Å². The second-order valence-electron chi connectivity index (χ2n) is 3.22. The van der Waals surface area contributed by atoms with Gasteiger partial charge in [-0.2, -0.15) is 35.9 Å². The third kappa shape index (κ3) is 7.83. The van der Waals surface area contributed by atoms with Crippen LogP contribution in [0.25, 0.3) is 0 Å². The molecule has 0 heterocycles. The largest absolute Gasteiger partial charge is 2.00 e. The van der Waals surface area contributed by atoms with E-state index >= 15 is 0 Å². The maximum atomic E-state index is 3.10. The summed E-state index contributed by atoms with van der Waals surface area (Å²) < 4.78 is 0. The van der Waals surface area contributed by atoms with Crippen LogP contribution in [0.4, 0.5) is 0 Å². The van der Waals surface area contributed by atoms with Gasteiger partial charge in [-0.3, -0.25) is 0 Å². The molecule has 0 aromatic heterocycles. The number of benzene rings is 1. The van der Waals surface area contributed by atoms with Crippen molar-refractivity contribution in [2.75, 3.05) is 0 Å². The maximum absolute atomic E-state index is 3.10. The summed E-state index contributed by atoms with van der Waals surface area (Å²) in [7, 11) is 0. The van der Waals surface area contributed by atoms with Crippen molar-refractivity contribution in [1.29, 1.82) is 0 Å². The molecule has 0 saturated heterocycles. The number of hydrogen-bond donors (Lipinski definition) is 0. The number of hydrogen-bond acceptors (Lipinski definition) is 0. The Bertz CT molecular complexity index is 199. The van der Waals surface area contributed by atoms with E-state index in [1.807, 2.05) is 6.07 Å². The molecule has 0 aliphatic heterocycles. The van der Waals surface area contributed by atoms with Crippen LogP contribution < -0.4 is 17.0 Å². The first-order valence-corrected chi connectivity index (χ1v) is 4.88. The molecule has 0 bridgehead atoms. The molecule has 0 amide bonds. The van der Waals surface area contributed by atoms with Crippen molar-refractivity contribution in [3.8, 4) is 0 Å². The molecular weight excluding hydrogens is 248 g/mol. The van der Waals surface area contributed by atoms with Crippen molar-refractivity contribution in [3.05, 3.63) is 35.9 Å². The Labute approximate surface area is 114 Å². The van der Waals surface area contributed by atoms with Gasteiger partial charge in [-0.05, 0) is 0 Å². The summed E-state index contributed by atoms with van der Waals surface area (Å²) in [6, 6.07) is 11.4. The smallest absolute Gasteiger partial charge is 1.00 e. The van der Waals surface area contributed by atoms with Crippen molar-refractivity contribution < 1.29 is 17.0 Å². The minimum Gasteiger partial charge on any atom is -1.00 e. The van der Waals surface area contributed by atoms with Gasteiger partial charge in [0.15, 0.2) is 0 Å². The maximum Gasteiger partial charge on any atom is 2.00 e. The zero-order valence-electron chi connectivity index (χ0n) is 8.93. The third-order valence-electron chi connectivity index (χ3n) is 2.09. The summed E-state index contributed by atoms with van der Waals surface area (Å²) in [4.78, 5) is 0. The number of aryl methyl sites for hydroxylation is 1. The van der Waals surface area contributed by atoms with Crippen molar-refractivity contribution in [3.63, 3.8) is 0 Å². The number of rotatable bonds is 5. The Kier molecular flexibility index (Phi) is 13.9. The summed E-state index contributed by atoms with van der Waals surface area (Å²) in [6.45, 7) is 2.25. The fraction of sp³-hybridized carbons (Fsp3) is 0.500. The predicted octanol–water partition coefficient (Wildman–Crippen LogP) is 0.233. The molecule has 0 fully saturated rings. The second-order valence-corrected chi connectivity index (χ2v) is 3.22. The van der Waals surface area contributed by atoms with Crippen molar-refractivity contribution in [1.82, 2.24) is 0 Å². The fourth-order valence-electron chi connectivity index (χ4n) is 1.34. The Morgan fingerprint density at radius 2 is 2.00 bits per heavy atom. The number of halogens is 1. The van der Waals surface area contributed by atoms with Crippen LogP contribution in [0.5, 0.6) is 0 Å². The normalized spacial score (nSPS) is 8.64. The minimum atomic E-state index is 0. The molecule has 74 valence electrons. The van der Waals surface area contributed by atoms with E-state index in [0.717, 1.165) is 0 Å². The Hall–Kier alpha value is 0.466. The van der Waals surface area contributed by atoms with Crippen LogP contribution in [0, 0.1) is 6.07 Å². The van der Waals surface area contributed by atoms with Gasteiger partial charge in [-0.1, -0.05) is 39.0 Å². The van der Waals surface area contributed by atoms with Crippen LogP contribution in [-0.4, -0.2) is 23.1 Å². The molecule has 1 aromatic carbocycles.